The van der Waals surface area contributed by atoms with E-state index in [2.05, 4.69) is 10.2 Å². The Hall–Kier alpha value is -0.765. The van der Waals surface area contributed by atoms with Gasteiger partial charge in [0.1, 0.15) is 13.7 Å². The molecule has 0 unspecified atom stereocenters. The predicted octanol–water partition coefficient (Wildman–Crippen LogP) is -0.494. The normalized spacial score (nSPS) is 9.44. The smallest absolute Gasteiger partial charge is 0.151 e. The molecule has 2 N–H and O–H groups in total. The molecule has 1 rings (SSSR count). The molecule has 2 radical (unpaired) electrons. The molecule has 0 saturated carbocycles. The Morgan fingerprint density at radius 1 is 1.56 bits per heavy atom. The summed E-state index contributed by atoms with van der Waals surface area (Å²) >= 11 is 5.41. The average Bonchev–Trinajstić information content (AvgIpc) is 1.80. The lowest BCUT2D eigenvalue weighted by Gasteiger charge is -1.94. The number of nitrogens with two attached hydrogens (primary N) is 1. The number of nitrogen functional groups attached to an aromatic ring is 1. The molecule has 44 valence electrons. The second-order valence-electron chi connectivity index (χ2n) is 1.51. The van der Waals surface area contributed by atoms with Crippen LogP contribution >= 0.6 is 11.6 Å². The standard InChI is InChI=1S/C4H3BClN3/c5-2-1-3(6)8-9-4(2)7/h1H,(H2,7,9). The van der Waals surface area contributed by atoms with Gasteiger partial charge in [0.15, 0.2) is 5.15 Å². The highest BCUT2D eigenvalue weighted by molar-refractivity contribution is 6.37. The van der Waals surface area contributed by atoms with Crippen LogP contribution in [0.25, 0.3) is 0 Å². The van der Waals surface area contributed by atoms with Gasteiger partial charge in [-0.05, 0) is 6.07 Å². The van der Waals surface area contributed by atoms with Crippen LogP contribution in [0.2, 0.25) is 5.15 Å². The zero-order chi connectivity index (χ0) is 6.85. The third kappa shape index (κ3) is 1.32. The van der Waals surface area contributed by atoms with Gasteiger partial charge in [0.05, 0.1) is 0 Å². The summed E-state index contributed by atoms with van der Waals surface area (Å²) < 4.78 is 0. The second-order valence-corrected chi connectivity index (χ2v) is 1.89. The van der Waals surface area contributed by atoms with Crippen molar-refractivity contribution in [1.29, 1.82) is 0 Å². The first-order valence-corrected chi connectivity index (χ1v) is 2.62. The summed E-state index contributed by atoms with van der Waals surface area (Å²) in [5.41, 5.74) is 5.59. The highest BCUT2D eigenvalue weighted by Gasteiger charge is 1.94. The van der Waals surface area contributed by atoms with Crippen LogP contribution in [0.15, 0.2) is 6.07 Å². The minimum atomic E-state index is 0.208. The molecular formula is C4H3BClN3. The number of hydrogen-bond acceptors (Lipinski definition) is 3. The van der Waals surface area contributed by atoms with E-state index in [0.29, 0.717) is 5.46 Å². The maximum Gasteiger partial charge on any atom is 0.151 e. The summed E-state index contributed by atoms with van der Waals surface area (Å²) in [6.45, 7) is 0. The number of halogens is 1. The van der Waals surface area contributed by atoms with E-state index >= 15 is 0 Å². The van der Waals surface area contributed by atoms with Gasteiger partial charge in [0.2, 0.25) is 0 Å². The molecular weight excluding hydrogens is 136 g/mol. The summed E-state index contributed by atoms with van der Waals surface area (Å²) in [4.78, 5) is 0. The molecule has 0 fully saturated rings. The molecule has 0 aliphatic rings. The summed E-state index contributed by atoms with van der Waals surface area (Å²) in [5, 5.41) is 7.15. The first-order chi connectivity index (χ1) is 4.20. The van der Waals surface area contributed by atoms with Crippen LogP contribution in [0, 0.1) is 0 Å². The quantitative estimate of drug-likeness (QED) is 0.493. The Morgan fingerprint density at radius 2 is 2.22 bits per heavy atom. The summed E-state index contributed by atoms with van der Waals surface area (Å²) in [6.07, 6.45) is 0. The van der Waals surface area contributed by atoms with E-state index in [1.54, 1.807) is 0 Å². The lowest BCUT2D eigenvalue weighted by atomic mass is 9.98. The Bertz CT molecular complexity index is 227. The maximum atomic E-state index is 5.41. The van der Waals surface area contributed by atoms with Crippen molar-refractivity contribution in [2.45, 2.75) is 0 Å². The van der Waals surface area contributed by atoms with Crippen molar-refractivity contribution < 1.29 is 0 Å². The molecule has 0 aliphatic heterocycles. The molecule has 0 saturated heterocycles. The van der Waals surface area contributed by atoms with Crippen molar-refractivity contribution in [3.05, 3.63) is 11.2 Å². The van der Waals surface area contributed by atoms with Crippen LogP contribution in [0.5, 0.6) is 0 Å². The van der Waals surface area contributed by atoms with E-state index in [4.69, 9.17) is 25.2 Å². The van der Waals surface area contributed by atoms with Crippen molar-refractivity contribution in [2.24, 2.45) is 0 Å². The maximum absolute atomic E-state index is 5.41. The fourth-order valence-electron chi connectivity index (χ4n) is 0.390. The number of nitrogens with zero attached hydrogens (tertiary/aromatic N) is 2. The van der Waals surface area contributed by atoms with Crippen molar-refractivity contribution in [3.8, 4) is 0 Å². The van der Waals surface area contributed by atoms with Gasteiger partial charge in [0.25, 0.3) is 0 Å². The Kier molecular flexibility index (Phi) is 1.57. The van der Waals surface area contributed by atoms with Gasteiger partial charge >= 0.3 is 0 Å². The van der Waals surface area contributed by atoms with Gasteiger partial charge in [-0.15, -0.1) is 10.2 Å². The fraction of sp³-hybridized carbons (Fsp3) is 0. The molecule has 0 aromatic carbocycles. The molecule has 3 nitrogen and oxygen atoms in total. The SMILES string of the molecule is [B]c1cc(Cl)nnc1N. The first kappa shape index (κ1) is 6.36. The number of anilines is 1. The third-order valence-electron chi connectivity index (χ3n) is 0.824. The minimum Gasteiger partial charge on any atom is -0.383 e. The molecule has 0 spiro atoms. The zero-order valence-electron chi connectivity index (χ0n) is 4.50. The van der Waals surface area contributed by atoms with Crippen LogP contribution < -0.4 is 11.2 Å². The van der Waals surface area contributed by atoms with Gasteiger partial charge < -0.3 is 5.73 Å². The lowest BCUT2D eigenvalue weighted by molar-refractivity contribution is 1.05. The van der Waals surface area contributed by atoms with Crippen molar-refractivity contribution >= 4 is 30.7 Å². The zero-order valence-corrected chi connectivity index (χ0v) is 5.26. The van der Waals surface area contributed by atoms with Gasteiger partial charge in [-0.2, -0.15) is 0 Å². The van der Waals surface area contributed by atoms with E-state index in [1.165, 1.54) is 6.07 Å². The van der Waals surface area contributed by atoms with Gasteiger partial charge in [-0.25, -0.2) is 0 Å². The van der Waals surface area contributed by atoms with Crippen molar-refractivity contribution in [3.63, 3.8) is 0 Å². The van der Waals surface area contributed by atoms with E-state index < -0.39 is 0 Å². The molecule has 0 bridgehead atoms. The van der Waals surface area contributed by atoms with Crippen LogP contribution in [0.1, 0.15) is 0 Å². The Balaban J connectivity index is 3.17. The fourth-order valence-corrected chi connectivity index (χ4v) is 0.546. The van der Waals surface area contributed by atoms with Crippen LogP contribution in [-0.2, 0) is 0 Å². The molecule has 5 heteroatoms. The molecule has 0 atom stereocenters. The van der Waals surface area contributed by atoms with Gasteiger partial charge in [-0.3, -0.25) is 0 Å². The van der Waals surface area contributed by atoms with E-state index in [-0.39, 0.29) is 11.0 Å². The van der Waals surface area contributed by atoms with Crippen molar-refractivity contribution in [2.75, 3.05) is 5.73 Å². The number of rotatable bonds is 0. The monoisotopic (exact) mass is 139 g/mol. The average molecular weight is 139 g/mol. The van der Waals surface area contributed by atoms with E-state index in [0.717, 1.165) is 0 Å². The second kappa shape index (κ2) is 2.23. The Labute approximate surface area is 58.6 Å². The number of aromatic nitrogens is 2. The molecule has 9 heavy (non-hydrogen) atoms. The Morgan fingerprint density at radius 3 is 2.67 bits per heavy atom. The topological polar surface area (TPSA) is 51.8 Å². The number of hydrogen-bond donors (Lipinski definition) is 1. The van der Waals surface area contributed by atoms with Crippen LogP contribution in [-0.4, -0.2) is 18.0 Å². The van der Waals surface area contributed by atoms with Gasteiger partial charge in [-0.1, -0.05) is 17.1 Å². The highest BCUT2D eigenvalue weighted by atomic mass is 35.5. The minimum absolute atomic E-state index is 0.208. The molecule has 1 aromatic rings. The first-order valence-electron chi connectivity index (χ1n) is 2.24. The van der Waals surface area contributed by atoms with E-state index in [1.807, 2.05) is 0 Å². The molecule has 0 amide bonds. The van der Waals surface area contributed by atoms with Crippen LogP contribution in [0.3, 0.4) is 0 Å². The molecule has 0 aliphatic carbocycles. The third-order valence-corrected chi connectivity index (χ3v) is 1.01. The summed E-state index contributed by atoms with van der Waals surface area (Å²) in [6, 6.07) is 1.45. The molecule has 1 aromatic heterocycles. The predicted molar refractivity (Wildman–Crippen MR) is 36.8 cm³/mol. The highest BCUT2D eigenvalue weighted by Crippen LogP contribution is 1.98. The summed E-state index contributed by atoms with van der Waals surface area (Å²) in [5.74, 6) is 0.208. The lowest BCUT2D eigenvalue weighted by Crippen LogP contribution is -2.12. The van der Waals surface area contributed by atoms with Crippen molar-refractivity contribution in [1.82, 2.24) is 10.2 Å². The van der Waals surface area contributed by atoms with Gasteiger partial charge in [0, 0.05) is 0 Å². The summed E-state index contributed by atoms with van der Waals surface area (Å²) in [7, 11) is 5.31. The van der Waals surface area contributed by atoms with E-state index in [9.17, 15) is 0 Å². The largest absolute Gasteiger partial charge is 0.383 e. The molecule has 1 heterocycles. The van der Waals surface area contributed by atoms with Crippen LogP contribution in [0.4, 0.5) is 5.82 Å².